The summed E-state index contributed by atoms with van der Waals surface area (Å²) in [5.41, 5.74) is 0.486. The average molecular weight is 305 g/mol. The summed E-state index contributed by atoms with van der Waals surface area (Å²) >= 11 is 0. The summed E-state index contributed by atoms with van der Waals surface area (Å²) in [6.07, 6.45) is 1.55. The molecular weight excluding hydrogens is 286 g/mol. The maximum atomic E-state index is 12.7. The van der Waals surface area contributed by atoms with Gasteiger partial charge in [-0.25, -0.2) is 0 Å². The van der Waals surface area contributed by atoms with Gasteiger partial charge in [0.05, 0.1) is 18.1 Å². The molecule has 1 unspecified atom stereocenters. The minimum absolute atomic E-state index is 0.128. The Balaban J connectivity index is 1.75. The molecule has 2 heterocycles. The molecule has 6 heteroatoms. The van der Waals surface area contributed by atoms with E-state index < -0.39 is 0 Å². The van der Waals surface area contributed by atoms with Crippen LogP contribution in [0.2, 0.25) is 0 Å². The van der Waals surface area contributed by atoms with Crippen molar-refractivity contribution in [1.29, 1.82) is 0 Å². The van der Waals surface area contributed by atoms with Gasteiger partial charge < -0.3 is 19.1 Å². The van der Waals surface area contributed by atoms with Gasteiger partial charge in [-0.3, -0.25) is 9.59 Å². The van der Waals surface area contributed by atoms with Crippen LogP contribution in [0.5, 0.6) is 11.5 Å². The van der Waals surface area contributed by atoms with Crippen molar-refractivity contribution in [2.45, 2.75) is 19.8 Å². The van der Waals surface area contributed by atoms with E-state index in [9.17, 15) is 9.59 Å². The fourth-order valence-electron chi connectivity index (χ4n) is 2.88. The van der Waals surface area contributed by atoms with E-state index in [0.717, 1.165) is 12.8 Å². The monoisotopic (exact) mass is 305 g/mol. The van der Waals surface area contributed by atoms with Crippen LogP contribution < -0.4 is 9.47 Å². The zero-order valence-corrected chi connectivity index (χ0v) is 12.5. The first kappa shape index (κ1) is 14.7. The molecule has 2 aliphatic heterocycles. The first-order valence-electron chi connectivity index (χ1n) is 7.55. The van der Waals surface area contributed by atoms with Crippen LogP contribution in [0.3, 0.4) is 0 Å². The summed E-state index contributed by atoms with van der Waals surface area (Å²) in [4.78, 5) is 26.3. The number of likely N-dealkylation sites (tertiary alicyclic amines) is 1. The fraction of sp³-hybridized carbons (Fsp3) is 0.500. The first-order chi connectivity index (χ1) is 10.7. The Bertz CT molecular complexity index is 586. The third kappa shape index (κ3) is 2.73. The number of benzene rings is 1. The molecule has 6 nitrogen and oxygen atoms in total. The van der Waals surface area contributed by atoms with E-state index in [-0.39, 0.29) is 24.6 Å². The van der Waals surface area contributed by atoms with E-state index in [0.29, 0.717) is 36.8 Å². The summed E-state index contributed by atoms with van der Waals surface area (Å²) < 4.78 is 15.8. The molecule has 22 heavy (non-hydrogen) atoms. The topological polar surface area (TPSA) is 65.1 Å². The second kappa shape index (κ2) is 6.25. The maximum Gasteiger partial charge on any atom is 0.310 e. The van der Waals surface area contributed by atoms with Crippen LogP contribution in [0, 0.1) is 5.92 Å². The molecule has 1 amide bonds. The molecule has 0 saturated carbocycles. The van der Waals surface area contributed by atoms with Crippen molar-refractivity contribution < 1.29 is 23.8 Å². The van der Waals surface area contributed by atoms with Crippen molar-refractivity contribution in [2.24, 2.45) is 5.92 Å². The van der Waals surface area contributed by atoms with E-state index in [1.807, 2.05) is 0 Å². The molecule has 0 spiro atoms. The van der Waals surface area contributed by atoms with Crippen LogP contribution in [-0.4, -0.2) is 43.3 Å². The average Bonchev–Trinajstić information content (AvgIpc) is 3.03. The number of hydrogen-bond acceptors (Lipinski definition) is 5. The lowest BCUT2D eigenvalue weighted by molar-refractivity contribution is -0.149. The van der Waals surface area contributed by atoms with Gasteiger partial charge in [0.1, 0.15) is 0 Å². The Morgan fingerprint density at radius 2 is 2.23 bits per heavy atom. The number of carbonyl (C=O) groups excluding carboxylic acids is 2. The first-order valence-corrected chi connectivity index (χ1v) is 7.55. The van der Waals surface area contributed by atoms with Crippen molar-refractivity contribution in [1.82, 2.24) is 4.90 Å². The normalized spacial score (nSPS) is 19.9. The van der Waals surface area contributed by atoms with Gasteiger partial charge >= 0.3 is 5.97 Å². The van der Waals surface area contributed by atoms with E-state index in [4.69, 9.17) is 14.2 Å². The summed E-state index contributed by atoms with van der Waals surface area (Å²) in [5.74, 6) is 0.483. The minimum atomic E-state index is -0.244. The number of piperidine rings is 1. The molecule has 3 rings (SSSR count). The third-order valence-corrected chi connectivity index (χ3v) is 3.96. The van der Waals surface area contributed by atoms with E-state index in [2.05, 4.69) is 0 Å². The Kier molecular flexibility index (Phi) is 4.18. The molecule has 1 aromatic rings. The standard InChI is InChI=1S/C16H19NO5/c1-2-20-16(19)11-5-4-8-17(9-11)15(18)12-6-3-7-13-14(12)22-10-21-13/h3,6-7,11H,2,4-5,8-10H2,1H3. The van der Waals surface area contributed by atoms with Crippen molar-refractivity contribution in [3.05, 3.63) is 23.8 Å². The second-order valence-corrected chi connectivity index (χ2v) is 5.38. The number of hydrogen-bond donors (Lipinski definition) is 0. The molecule has 0 aromatic heterocycles. The smallest absolute Gasteiger partial charge is 0.310 e. The highest BCUT2D eigenvalue weighted by Gasteiger charge is 2.32. The van der Waals surface area contributed by atoms with E-state index in [1.54, 1.807) is 30.0 Å². The van der Waals surface area contributed by atoms with Gasteiger partial charge in [-0.15, -0.1) is 0 Å². The summed E-state index contributed by atoms with van der Waals surface area (Å²) in [6, 6.07) is 5.27. The largest absolute Gasteiger partial charge is 0.466 e. The van der Waals surface area contributed by atoms with Crippen LogP contribution in [0.1, 0.15) is 30.1 Å². The third-order valence-electron chi connectivity index (χ3n) is 3.96. The van der Waals surface area contributed by atoms with E-state index >= 15 is 0 Å². The quantitative estimate of drug-likeness (QED) is 0.797. The lowest BCUT2D eigenvalue weighted by Crippen LogP contribution is -2.42. The van der Waals surface area contributed by atoms with Crippen LogP contribution >= 0.6 is 0 Å². The molecule has 0 radical (unpaired) electrons. The highest BCUT2D eigenvalue weighted by molar-refractivity contribution is 5.98. The minimum Gasteiger partial charge on any atom is -0.466 e. The Hall–Kier alpha value is -2.24. The molecule has 2 aliphatic rings. The van der Waals surface area contributed by atoms with Crippen LogP contribution in [0.4, 0.5) is 0 Å². The van der Waals surface area contributed by atoms with Crippen molar-refractivity contribution in [3.63, 3.8) is 0 Å². The summed E-state index contributed by atoms with van der Waals surface area (Å²) in [6.45, 7) is 3.31. The molecule has 1 fully saturated rings. The number of fused-ring (bicyclic) bond motifs is 1. The maximum absolute atomic E-state index is 12.7. The number of para-hydroxylation sites is 1. The predicted octanol–water partition coefficient (Wildman–Crippen LogP) is 1.83. The lowest BCUT2D eigenvalue weighted by Gasteiger charge is -2.31. The highest BCUT2D eigenvalue weighted by Crippen LogP contribution is 2.36. The molecule has 0 aliphatic carbocycles. The molecule has 1 saturated heterocycles. The SMILES string of the molecule is CCOC(=O)C1CCCN(C(=O)c2cccc3c2OCO3)C1. The Morgan fingerprint density at radius 1 is 1.36 bits per heavy atom. The van der Waals surface area contributed by atoms with Crippen LogP contribution in [-0.2, 0) is 9.53 Å². The van der Waals surface area contributed by atoms with Gasteiger partial charge in [0, 0.05) is 13.1 Å². The highest BCUT2D eigenvalue weighted by atomic mass is 16.7. The van der Waals surface area contributed by atoms with Gasteiger partial charge in [0.2, 0.25) is 6.79 Å². The van der Waals surface area contributed by atoms with Gasteiger partial charge in [-0.1, -0.05) is 6.07 Å². The fourth-order valence-corrected chi connectivity index (χ4v) is 2.88. The summed E-state index contributed by atoms with van der Waals surface area (Å²) in [7, 11) is 0. The number of carbonyl (C=O) groups is 2. The molecule has 0 bridgehead atoms. The van der Waals surface area contributed by atoms with Crippen molar-refractivity contribution >= 4 is 11.9 Å². The number of esters is 1. The van der Waals surface area contributed by atoms with Gasteiger partial charge in [0.15, 0.2) is 11.5 Å². The zero-order valence-electron chi connectivity index (χ0n) is 12.5. The van der Waals surface area contributed by atoms with Crippen LogP contribution in [0.25, 0.3) is 0 Å². The number of ether oxygens (including phenoxy) is 3. The number of rotatable bonds is 3. The zero-order chi connectivity index (χ0) is 15.5. The van der Waals surface area contributed by atoms with Gasteiger partial charge in [-0.05, 0) is 31.9 Å². The molecule has 0 N–H and O–H groups in total. The van der Waals surface area contributed by atoms with Crippen molar-refractivity contribution in [3.8, 4) is 11.5 Å². The molecular formula is C16H19NO5. The molecule has 118 valence electrons. The Labute approximate surface area is 128 Å². The number of amides is 1. The Morgan fingerprint density at radius 3 is 3.05 bits per heavy atom. The van der Waals surface area contributed by atoms with Crippen LogP contribution in [0.15, 0.2) is 18.2 Å². The van der Waals surface area contributed by atoms with Crippen molar-refractivity contribution in [2.75, 3.05) is 26.5 Å². The molecule has 1 atom stereocenters. The second-order valence-electron chi connectivity index (χ2n) is 5.38. The predicted molar refractivity (Wildman–Crippen MR) is 77.8 cm³/mol. The van der Waals surface area contributed by atoms with Gasteiger partial charge in [-0.2, -0.15) is 0 Å². The number of nitrogens with zero attached hydrogens (tertiary/aromatic N) is 1. The van der Waals surface area contributed by atoms with E-state index in [1.165, 1.54) is 0 Å². The summed E-state index contributed by atoms with van der Waals surface area (Å²) in [5, 5.41) is 0. The van der Waals surface area contributed by atoms with Gasteiger partial charge in [0.25, 0.3) is 5.91 Å². The molecule has 1 aromatic carbocycles. The lowest BCUT2D eigenvalue weighted by atomic mass is 9.97.